The first-order valence-electron chi connectivity index (χ1n) is 3.53. The van der Waals surface area contributed by atoms with E-state index >= 15 is 0 Å². The van der Waals surface area contributed by atoms with Gasteiger partial charge in [-0.15, -0.1) is 0 Å². The third-order valence-electron chi connectivity index (χ3n) is 1.50. The van der Waals surface area contributed by atoms with Crippen LogP contribution in [0.15, 0.2) is 24.3 Å². The summed E-state index contributed by atoms with van der Waals surface area (Å²) in [5.74, 6) is 1.05. The lowest BCUT2D eigenvalue weighted by atomic mass is 10.1. The summed E-state index contributed by atoms with van der Waals surface area (Å²) in [7, 11) is 0. The highest BCUT2D eigenvalue weighted by atomic mass is 32.1. The Kier molecular flexibility index (Phi) is 2.82. The monoisotopic (exact) mass is 153 g/mol. The van der Waals surface area contributed by atoms with E-state index in [1.165, 1.54) is 11.1 Å². The lowest BCUT2D eigenvalue weighted by molar-refractivity contribution is 1.15. The summed E-state index contributed by atoms with van der Waals surface area (Å²) in [6, 6.07) is 8.61. The van der Waals surface area contributed by atoms with Gasteiger partial charge in [-0.2, -0.15) is 0 Å². The summed E-state index contributed by atoms with van der Waals surface area (Å²) in [6.07, 6.45) is 1.12. The molecule has 0 radical (unpaired) electrons. The summed E-state index contributed by atoms with van der Waals surface area (Å²) in [5, 5.41) is 0. The maximum Gasteiger partial charge on any atom is 0.107 e. The Labute approximate surface area is 67.7 Å². The molecule has 0 aliphatic rings. The molecule has 0 atom stereocenters. The van der Waals surface area contributed by atoms with Crippen LogP contribution in [0.25, 0.3) is 0 Å². The van der Waals surface area contributed by atoms with Crippen LogP contribution in [-0.4, -0.2) is 5.75 Å². The van der Waals surface area contributed by atoms with Crippen molar-refractivity contribution in [3.63, 3.8) is 0 Å². The fraction of sp³-hybridized carbons (Fsp3) is 0.333. The first-order chi connectivity index (χ1) is 4.83. The molecule has 10 heavy (non-hydrogen) atoms. The van der Waals surface area contributed by atoms with Gasteiger partial charge >= 0.3 is 0 Å². The van der Waals surface area contributed by atoms with Crippen molar-refractivity contribution >= 4 is 12.6 Å². The first kappa shape index (κ1) is 7.67. The van der Waals surface area contributed by atoms with E-state index in [1.54, 1.807) is 0 Å². The van der Waals surface area contributed by atoms with Crippen LogP contribution in [0.4, 0.5) is 0 Å². The maximum atomic E-state index is 3.46. The van der Waals surface area contributed by atoms with E-state index in [0.717, 1.165) is 12.2 Å². The van der Waals surface area contributed by atoms with Crippen molar-refractivity contribution < 1.29 is 0 Å². The second-order valence-corrected chi connectivity index (χ2v) is 2.99. The van der Waals surface area contributed by atoms with Crippen LogP contribution in [0.3, 0.4) is 0 Å². The van der Waals surface area contributed by atoms with Crippen molar-refractivity contribution in [2.45, 2.75) is 13.3 Å². The summed E-state index contributed by atoms with van der Waals surface area (Å²) < 4.78 is 0. The van der Waals surface area contributed by atoms with Crippen LogP contribution in [0.1, 0.15) is 11.1 Å². The Hall–Kier alpha value is -0.430. The largest absolute Gasteiger partial charge is 0.107 e. The van der Waals surface area contributed by atoms with Gasteiger partial charge < -0.3 is 0 Å². The van der Waals surface area contributed by atoms with Crippen molar-refractivity contribution in [2.75, 3.05) is 5.75 Å². The SMILES string of the molecule is Cc1cccc(CC[SH2+])c1. The van der Waals surface area contributed by atoms with Gasteiger partial charge in [0.25, 0.3) is 0 Å². The molecular formula is C9H13S+. The molecule has 1 heteroatoms. The van der Waals surface area contributed by atoms with Crippen molar-refractivity contribution in [1.82, 2.24) is 0 Å². The van der Waals surface area contributed by atoms with Crippen LogP contribution < -0.4 is 0 Å². The predicted molar refractivity (Wildman–Crippen MR) is 49.9 cm³/mol. The molecule has 54 valence electrons. The molecule has 0 heterocycles. The molecule has 0 amide bonds. The van der Waals surface area contributed by atoms with E-state index < -0.39 is 0 Å². The van der Waals surface area contributed by atoms with Crippen LogP contribution >= 0.6 is 0 Å². The van der Waals surface area contributed by atoms with Gasteiger partial charge in [-0.05, 0) is 25.1 Å². The molecule has 0 N–H and O–H groups in total. The van der Waals surface area contributed by atoms with E-state index in [0.29, 0.717) is 0 Å². The Bertz CT molecular complexity index is 206. The molecule has 0 bridgehead atoms. The van der Waals surface area contributed by atoms with E-state index in [2.05, 4.69) is 43.8 Å². The molecule has 0 saturated heterocycles. The number of rotatable bonds is 2. The average Bonchev–Trinajstić information content (AvgIpc) is 1.88. The zero-order valence-electron chi connectivity index (χ0n) is 6.22. The molecule has 1 rings (SSSR count). The molecule has 1 aromatic rings. The zero-order valence-corrected chi connectivity index (χ0v) is 7.22. The second kappa shape index (κ2) is 3.67. The zero-order chi connectivity index (χ0) is 7.40. The van der Waals surface area contributed by atoms with Gasteiger partial charge in [0, 0.05) is 6.42 Å². The molecule has 0 aliphatic heterocycles. The minimum Gasteiger partial charge on any atom is -0.0617 e. The van der Waals surface area contributed by atoms with Crippen molar-refractivity contribution in [1.29, 1.82) is 0 Å². The molecule has 0 unspecified atom stereocenters. The average molecular weight is 153 g/mol. The normalized spacial score (nSPS) is 9.80. The minimum absolute atomic E-state index is 1.05. The molecule has 0 saturated carbocycles. The van der Waals surface area contributed by atoms with Crippen LogP contribution in [0.5, 0.6) is 0 Å². The Balaban J connectivity index is 2.75. The van der Waals surface area contributed by atoms with Gasteiger partial charge in [-0.3, -0.25) is 0 Å². The van der Waals surface area contributed by atoms with Crippen molar-refractivity contribution in [3.05, 3.63) is 35.4 Å². The summed E-state index contributed by atoms with van der Waals surface area (Å²) in [5.41, 5.74) is 2.76. The summed E-state index contributed by atoms with van der Waals surface area (Å²) >= 11 is 3.46. The predicted octanol–water partition coefficient (Wildman–Crippen LogP) is 1.55. The fourth-order valence-electron chi connectivity index (χ4n) is 1.01. The lowest BCUT2D eigenvalue weighted by Crippen LogP contribution is -1.87. The summed E-state index contributed by atoms with van der Waals surface area (Å²) in [4.78, 5) is 0. The second-order valence-electron chi connectivity index (χ2n) is 2.49. The minimum atomic E-state index is 1.05. The van der Waals surface area contributed by atoms with Crippen LogP contribution in [0.2, 0.25) is 0 Å². The highest BCUT2D eigenvalue weighted by Gasteiger charge is 1.91. The first-order valence-corrected chi connectivity index (χ1v) is 4.24. The third-order valence-corrected chi connectivity index (χ3v) is 1.75. The Morgan fingerprint density at radius 3 is 2.80 bits per heavy atom. The van der Waals surface area contributed by atoms with Gasteiger partial charge in [-0.25, -0.2) is 0 Å². The van der Waals surface area contributed by atoms with E-state index in [-0.39, 0.29) is 0 Å². The molecule has 1 aromatic carbocycles. The van der Waals surface area contributed by atoms with Gasteiger partial charge in [0.1, 0.15) is 5.75 Å². The molecule has 0 fully saturated rings. The molecule has 0 spiro atoms. The van der Waals surface area contributed by atoms with Gasteiger partial charge in [0.2, 0.25) is 0 Å². The molecular weight excluding hydrogens is 140 g/mol. The molecule has 0 nitrogen and oxygen atoms in total. The molecule has 0 aromatic heterocycles. The van der Waals surface area contributed by atoms with E-state index in [1.807, 2.05) is 0 Å². The van der Waals surface area contributed by atoms with E-state index in [4.69, 9.17) is 0 Å². The van der Waals surface area contributed by atoms with Crippen molar-refractivity contribution in [3.8, 4) is 0 Å². The highest BCUT2D eigenvalue weighted by Crippen LogP contribution is 2.03. The van der Waals surface area contributed by atoms with Gasteiger partial charge in [-0.1, -0.05) is 29.8 Å². The van der Waals surface area contributed by atoms with Gasteiger partial charge in [0.05, 0.1) is 0 Å². The van der Waals surface area contributed by atoms with E-state index in [9.17, 15) is 0 Å². The number of aryl methyl sites for hydroxylation is 2. The number of benzene rings is 1. The quantitative estimate of drug-likeness (QED) is 0.565. The standard InChI is InChI=1S/C9H12S/c1-8-3-2-4-9(7-8)5-6-10/h2-4,7,10H,5-6H2,1H3/p+1. The van der Waals surface area contributed by atoms with Crippen LogP contribution in [0, 0.1) is 6.92 Å². The Morgan fingerprint density at radius 1 is 1.40 bits per heavy atom. The smallest absolute Gasteiger partial charge is 0.0617 e. The summed E-state index contributed by atoms with van der Waals surface area (Å²) in [6.45, 7) is 2.12. The molecule has 0 aliphatic carbocycles. The number of hydrogen-bond acceptors (Lipinski definition) is 0. The topological polar surface area (TPSA) is 0 Å². The van der Waals surface area contributed by atoms with Crippen molar-refractivity contribution in [2.24, 2.45) is 0 Å². The lowest BCUT2D eigenvalue weighted by Gasteiger charge is -1.96. The number of hydrogen-bond donors (Lipinski definition) is 0. The third kappa shape index (κ3) is 2.07. The maximum absolute atomic E-state index is 3.46. The van der Waals surface area contributed by atoms with Crippen LogP contribution in [-0.2, 0) is 19.0 Å². The highest BCUT2D eigenvalue weighted by molar-refractivity contribution is 7.58. The Morgan fingerprint density at radius 2 is 2.20 bits per heavy atom. The fourth-order valence-corrected chi connectivity index (χ4v) is 1.30. The van der Waals surface area contributed by atoms with Gasteiger partial charge in [0.15, 0.2) is 0 Å².